The molecular formula is C33H56O4. The number of hydrogen-bond donors (Lipinski definition) is 4. The molecule has 0 radical (unpaired) electrons. The molecule has 0 heterocycles. The lowest BCUT2D eigenvalue weighted by molar-refractivity contribution is 0.00528. The molecule has 0 saturated heterocycles. The number of fused-ring (bicyclic) bond motifs is 1. The summed E-state index contributed by atoms with van der Waals surface area (Å²) in [6.45, 7) is 16.8. The Balaban J connectivity index is 1.83. The van der Waals surface area contributed by atoms with Crippen LogP contribution in [0.15, 0.2) is 35.5 Å². The van der Waals surface area contributed by atoms with E-state index >= 15 is 0 Å². The molecule has 4 nitrogen and oxygen atoms in total. The van der Waals surface area contributed by atoms with Crippen LogP contribution < -0.4 is 0 Å². The van der Waals surface area contributed by atoms with Crippen LogP contribution in [0.3, 0.4) is 0 Å². The Kier molecular flexibility index (Phi) is 9.64. The number of aliphatic hydroxyl groups is 4. The Morgan fingerprint density at radius 1 is 0.919 bits per heavy atom. The van der Waals surface area contributed by atoms with Gasteiger partial charge in [-0.15, -0.1) is 0 Å². The molecule has 3 fully saturated rings. The van der Waals surface area contributed by atoms with Gasteiger partial charge in [-0.05, 0) is 126 Å². The first-order chi connectivity index (χ1) is 17.0. The van der Waals surface area contributed by atoms with Crippen LogP contribution in [0.2, 0.25) is 0 Å². The molecule has 4 heteroatoms. The molecule has 3 rings (SSSR count). The van der Waals surface area contributed by atoms with Crippen molar-refractivity contribution < 1.29 is 20.4 Å². The maximum absolute atomic E-state index is 10.4. The SMILES string of the molecule is C=C1/C(=C\C=C2/CCC[C@]3(C)[C@@H](C(C)(CCCC(C)(C)O)CCCC(C)(C)O)CC[C@@H]23)C[C@@H](O)CC1O. The predicted octanol–water partition coefficient (Wildman–Crippen LogP) is 7.02. The normalized spacial score (nSPS) is 33.8. The van der Waals surface area contributed by atoms with Gasteiger partial charge < -0.3 is 20.4 Å². The van der Waals surface area contributed by atoms with Crippen LogP contribution in [0.1, 0.15) is 125 Å². The minimum Gasteiger partial charge on any atom is -0.393 e. The van der Waals surface area contributed by atoms with Gasteiger partial charge in [-0.2, -0.15) is 0 Å². The lowest BCUT2D eigenvalue weighted by atomic mass is 9.55. The van der Waals surface area contributed by atoms with E-state index in [9.17, 15) is 20.4 Å². The lowest BCUT2D eigenvalue weighted by Gasteiger charge is -2.50. The fourth-order valence-corrected chi connectivity index (χ4v) is 8.17. The molecule has 0 amide bonds. The zero-order valence-corrected chi connectivity index (χ0v) is 24.7. The Hall–Kier alpha value is -0.940. The molecule has 37 heavy (non-hydrogen) atoms. The average Bonchev–Trinajstić information content (AvgIpc) is 3.11. The Labute approximate surface area is 227 Å². The van der Waals surface area contributed by atoms with Gasteiger partial charge in [0.25, 0.3) is 0 Å². The summed E-state index contributed by atoms with van der Waals surface area (Å²) in [5.74, 6) is 1.19. The van der Waals surface area contributed by atoms with Crippen LogP contribution in [0.25, 0.3) is 0 Å². The quantitative estimate of drug-likeness (QED) is 0.252. The average molecular weight is 517 g/mol. The fraction of sp³-hybridized carbons (Fsp3) is 0.818. The predicted molar refractivity (Wildman–Crippen MR) is 153 cm³/mol. The third-order valence-corrected chi connectivity index (χ3v) is 10.1. The molecule has 3 aliphatic carbocycles. The molecule has 1 unspecified atom stereocenters. The summed E-state index contributed by atoms with van der Waals surface area (Å²) in [5.41, 5.74) is 2.46. The topological polar surface area (TPSA) is 80.9 Å². The van der Waals surface area contributed by atoms with E-state index in [2.05, 4.69) is 32.6 Å². The molecule has 0 aromatic carbocycles. The van der Waals surface area contributed by atoms with Crippen LogP contribution >= 0.6 is 0 Å². The number of hydrogen-bond acceptors (Lipinski definition) is 4. The van der Waals surface area contributed by atoms with Crippen LogP contribution in [0.5, 0.6) is 0 Å². The smallest absolute Gasteiger partial charge is 0.0811 e. The van der Waals surface area contributed by atoms with Crippen LogP contribution in [0.4, 0.5) is 0 Å². The molecule has 0 aliphatic heterocycles. The third-order valence-electron chi connectivity index (χ3n) is 10.1. The van der Waals surface area contributed by atoms with Gasteiger partial charge in [0, 0.05) is 6.42 Å². The van der Waals surface area contributed by atoms with Crippen molar-refractivity contribution in [3.05, 3.63) is 35.5 Å². The summed E-state index contributed by atoms with van der Waals surface area (Å²) in [7, 11) is 0. The number of aliphatic hydroxyl groups excluding tert-OH is 2. The van der Waals surface area contributed by atoms with E-state index in [4.69, 9.17) is 0 Å². The van der Waals surface area contributed by atoms with Crippen molar-refractivity contribution in [1.29, 1.82) is 0 Å². The van der Waals surface area contributed by atoms with Gasteiger partial charge in [0.1, 0.15) is 0 Å². The fourth-order valence-electron chi connectivity index (χ4n) is 8.17. The highest BCUT2D eigenvalue weighted by molar-refractivity contribution is 5.38. The van der Waals surface area contributed by atoms with E-state index in [1.165, 1.54) is 31.3 Å². The zero-order chi connectivity index (χ0) is 27.6. The standard InChI is InChI=1S/C33H56O4/c1-23-25(21-26(34)22-28(23)35)13-12-24-11-8-20-33(7)27(24)14-15-29(33)32(6,18-9-16-30(2,3)36)19-10-17-31(4,5)37/h12-13,26-29,34-37H,1,8-11,14-22H2,2-7H3/b24-12+,25-13-/t26-,27+,28?,29-,33+/m1/s1. The highest BCUT2D eigenvalue weighted by Gasteiger charge is 2.54. The summed E-state index contributed by atoms with van der Waals surface area (Å²) in [6.07, 6.45) is 16.2. The maximum Gasteiger partial charge on any atom is 0.0811 e. The van der Waals surface area contributed by atoms with Crippen molar-refractivity contribution in [2.24, 2.45) is 22.7 Å². The second kappa shape index (κ2) is 11.7. The summed E-state index contributed by atoms with van der Waals surface area (Å²) in [5, 5.41) is 41.2. The van der Waals surface area contributed by atoms with E-state index in [-0.39, 0.29) is 10.8 Å². The first-order valence-corrected chi connectivity index (χ1v) is 14.9. The molecule has 3 saturated carbocycles. The molecular weight excluding hydrogens is 460 g/mol. The molecule has 0 aromatic heterocycles. The summed E-state index contributed by atoms with van der Waals surface area (Å²) in [6, 6.07) is 0. The second-order valence-corrected chi connectivity index (χ2v) is 14.6. The van der Waals surface area contributed by atoms with Crippen molar-refractivity contribution >= 4 is 0 Å². The van der Waals surface area contributed by atoms with Crippen molar-refractivity contribution in [1.82, 2.24) is 0 Å². The van der Waals surface area contributed by atoms with Gasteiger partial charge in [0.2, 0.25) is 0 Å². The maximum atomic E-state index is 10.4. The molecule has 0 aromatic rings. The third kappa shape index (κ3) is 7.81. The van der Waals surface area contributed by atoms with Crippen molar-refractivity contribution in [2.75, 3.05) is 0 Å². The number of rotatable bonds is 10. The Morgan fingerprint density at radius 3 is 2.08 bits per heavy atom. The molecule has 5 atom stereocenters. The number of allylic oxidation sites excluding steroid dienone is 3. The minimum atomic E-state index is -0.644. The summed E-state index contributed by atoms with van der Waals surface area (Å²) < 4.78 is 0. The van der Waals surface area contributed by atoms with Crippen molar-refractivity contribution in [2.45, 2.75) is 148 Å². The van der Waals surface area contributed by atoms with Gasteiger partial charge in [0.15, 0.2) is 0 Å². The highest BCUT2D eigenvalue weighted by Crippen LogP contribution is 2.64. The van der Waals surface area contributed by atoms with Crippen LogP contribution in [-0.2, 0) is 0 Å². The Bertz CT molecular complexity index is 835. The molecule has 0 spiro atoms. The van der Waals surface area contributed by atoms with E-state index in [0.29, 0.717) is 24.7 Å². The lowest BCUT2D eigenvalue weighted by Crippen LogP contribution is -2.41. The summed E-state index contributed by atoms with van der Waals surface area (Å²) in [4.78, 5) is 0. The van der Waals surface area contributed by atoms with Crippen LogP contribution in [0, 0.1) is 22.7 Å². The highest BCUT2D eigenvalue weighted by atomic mass is 16.3. The molecule has 3 aliphatic rings. The summed E-state index contributed by atoms with van der Waals surface area (Å²) >= 11 is 0. The van der Waals surface area contributed by atoms with Gasteiger partial charge >= 0.3 is 0 Å². The zero-order valence-electron chi connectivity index (χ0n) is 24.7. The van der Waals surface area contributed by atoms with Crippen LogP contribution in [-0.4, -0.2) is 43.8 Å². The van der Waals surface area contributed by atoms with Crippen molar-refractivity contribution in [3.63, 3.8) is 0 Å². The van der Waals surface area contributed by atoms with E-state index in [1.54, 1.807) is 0 Å². The van der Waals surface area contributed by atoms with Gasteiger partial charge in [-0.1, -0.05) is 51.0 Å². The van der Waals surface area contributed by atoms with E-state index in [0.717, 1.165) is 56.1 Å². The van der Waals surface area contributed by atoms with E-state index < -0.39 is 23.4 Å². The second-order valence-electron chi connectivity index (χ2n) is 14.6. The Morgan fingerprint density at radius 2 is 1.51 bits per heavy atom. The van der Waals surface area contributed by atoms with Gasteiger partial charge in [-0.3, -0.25) is 0 Å². The first kappa shape index (κ1) is 30.6. The molecule has 212 valence electrons. The molecule has 0 bridgehead atoms. The first-order valence-electron chi connectivity index (χ1n) is 14.9. The van der Waals surface area contributed by atoms with Crippen molar-refractivity contribution in [3.8, 4) is 0 Å². The molecule has 4 N–H and O–H groups in total. The largest absolute Gasteiger partial charge is 0.393 e. The van der Waals surface area contributed by atoms with E-state index in [1.807, 2.05) is 27.7 Å². The van der Waals surface area contributed by atoms with Gasteiger partial charge in [0.05, 0.1) is 23.4 Å². The minimum absolute atomic E-state index is 0.187. The monoisotopic (exact) mass is 516 g/mol. The van der Waals surface area contributed by atoms with Gasteiger partial charge in [-0.25, -0.2) is 0 Å².